The number of hydrogen-bond acceptors (Lipinski definition) is 1. The molecule has 0 spiro atoms. The van der Waals surface area contributed by atoms with Gasteiger partial charge in [0.05, 0.1) is 0 Å². The second-order valence-corrected chi connectivity index (χ2v) is 8.13. The molecule has 2 aliphatic rings. The molecule has 23 heavy (non-hydrogen) atoms. The van der Waals surface area contributed by atoms with E-state index < -0.39 is 0 Å². The molecule has 2 heteroatoms. The van der Waals surface area contributed by atoms with Crippen LogP contribution in [0.3, 0.4) is 0 Å². The molecule has 2 N–H and O–H groups in total. The number of carbonyl (C=O) groups excluding carboxylic acids is 1. The molecule has 0 aromatic heterocycles. The molecule has 4 atom stereocenters. The van der Waals surface area contributed by atoms with Crippen LogP contribution in [0.4, 0.5) is 0 Å². The van der Waals surface area contributed by atoms with E-state index in [1.807, 2.05) is 6.07 Å². The Kier molecular flexibility index (Phi) is 4.12. The third-order valence-electron chi connectivity index (χ3n) is 6.58. The van der Waals surface area contributed by atoms with Crippen molar-refractivity contribution in [1.29, 1.82) is 0 Å². The average molecular weight is 311 g/mol. The fourth-order valence-corrected chi connectivity index (χ4v) is 4.90. The van der Waals surface area contributed by atoms with Crippen LogP contribution in [0.1, 0.15) is 68.4 Å². The highest BCUT2D eigenvalue weighted by Gasteiger charge is 2.48. The lowest BCUT2D eigenvalue weighted by atomic mass is 9.51. The lowest BCUT2D eigenvalue weighted by Crippen LogP contribution is -2.47. The van der Waals surface area contributed by atoms with Crippen molar-refractivity contribution in [3.05, 3.63) is 46.5 Å². The summed E-state index contributed by atoms with van der Waals surface area (Å²) in [6, 6.07) is 6.12. The molecular weight excluding hydrogens is 282 g/mol. The first-order chi connectivity index (χ1) is 10.8. The molecule has 1 fully saturated rings. The quantitative estimate of drug-likeness (QED) is 0.813. The Bertz CT molecular complexity index is 656. The van der Waals surface area contributed by atoms with Crippen molar-refractivity contribution in [2.24, 2.45) is 23.5 Å². The summed E-state index contributed by atoms with van der Waals surface area (Å²) in [6.45, 7) is 9.19. The molecule has 3 rings (SSSR count). The highest BCUT2D eigenvalue weighted by atomic mass is 16.1. The van der Waals surface area contributed by atoms with Crippen molar-refractivity contribution in [1.82, 2.24) is 0 Å². The SMILES string of the molecule is CC(C)=CCC1CC[C@@]2(C)c3cc(C(N)=O)ccc3C[C@@H]1[C@@H]2C. The van der Waals surface area contributed by atoms with Crippen LogP contribution in [0.2, 0.25) is 0 Å². The van der Waals surface area contributed by atoms with Gasteiger partial charge < -0.3 is 5.73 Å². The summed E-state index contributed by atoms with van der Waals surface area (Å²) in [5.74, 6) is 1.87. The first-order valence-corrected chi connectivity index (χ1v) is 8.89. The van der Waals surface area contributed by atoms with E-state index in [1.165, 1.54) is 36.0 Å². The van der Waals surface area contributed by atoms with Crippen LogP contribution in [0.15, 0.2) is 29.8 Å². The van der Waals surface area contributed by atoms with Crippen LogP contribution in [0.5, 0.6) is 0 Å². The van der Waals surface area contributed by atoms with E-state index in [2.05, 4.69) is 45.9 Å². The zero-order chi connectivity index (χ0) is 16.8. The second-order valence-electron chi connectivity index (χ2n) is 8.13. The minimum absolute atomic E-state index is 0.186. The molecule has 0 radical (unpaired) electrons. The zero-order valence-electron chi connectivity index (χ0n) is 14.9. The maximum Gasteiger partial charge on any atom is 0.248 e. The van der Waals surface area contributed by atoms with Crippen molar-refractivity contribution < 1.29 is 4.79 Å². The van der Waals surface area contributed by atoms with E-state index in [-0.39, 0.29) is 11.3 Å². The topological polar surface area (TPSA) is 43.1 Å². The predicted octanol–water partition coefficient (Wildman–Crippen LogP) is 4.62. The monoisotopic (exact) mass is 311 g/mol. The molecule has 1 aromatic rings. The van der Waals surface area contributed by atoms with E-state index >= 15 is 0 Å². The molecule has 0 aliphatic heterocycles. The largest absolute Gasteiger partial charge is 0.366 e. The normalized spacial score (nSPS) is 32.1. The molecule has 1 saturated carbocycles. The minimum atomic E-state index is -0.316. The van der Waals surface area contributed by atoms with Crippen molar-refractivity contribution >= 4 is 5.91 Å². The van der Waals surface area contributed by atoms with Gasteiger partial charge in [-0.2, -0.15) is 0 Å². The van der Waals surface area contributed by atoms with Crippen LogP contribution in [0.25, 0.3) is 0 Å². The summed E-state index contributed by atoms with van der Waals surface area (Å²) in [7, 11) is 0. The number of carbonyl (C=O) groups is 1. The number of hydrogen-bond donors (Lipinski definition) is 1. The second kappa shape index (κ2) is 5.81. The van der Waals surface area contributed by atoms with Gasteiger partial charge in [0.15, 0.2) is 0 Å². The van der Waals surface area contributed by atoms with Crippen molar-refractivity contribution in [3.8, 4) is 0 Å². The summed E-state index contributed by atoms with van der Waals surface area (Å²) < 4.78 is 0. The predicted molar refractivity (Wildman–Crippen MR) is 95.4 cm³/mol. The van der Waals surface area contributed by atoms with Crippen LogP contribution < -0.4 is 5.73 Å². The van der Waals surface area contributed by atoms with Crippen LogP contribution in [0, 0.1) is 17.8 Å². The van der Waals surface area contributed by atoms with E-state index in [1.54, 1.807) is 0 Å². The highest BCUT2D eigenvalue weighted by molar-refractivity contribution is 5.93. The number of fused-ring (bicyclic) bond motifs is 4. The smallest absolute Gasteiger partial charge is 0.248 e. The number of benzene rings is 1. The first kappa shape index (κ1) is 16.3. The summed E-state index contributed by atoms with van der Waals surface area (Å²) in [5.41, 5.74) is 10.6. The fourth-order valence-electron chi connectivity index (χ4n) is 4.90. The summed E-state index contributed by atoms with van der Waals surface area (Å²) in [6.07, 6.45) is 7.26. The summed E-state index contributed by atoms with van der Waals surface area (Å²) >= 11 is 0. The van der Waals surface area contributed by atoms with E-state index in [0.29, 0.717) is 11.5 Å². The molecule has 1 aromatic carbocycles. The first-order valence-electron chi connectivity index (χ1n) is 8.89. The molecule has 1 unspecified atom stereocenters. The lowest BCUT2D eigenvalue weighted by Gasteiger charge is -2.53. The van der Waals surface area contributed by atoms with E-state index in [0.717, 1.165) is 18.3 Å². The molecule has 2 aliphatic carbocycles. The van der Waals surface area contributed by atoms with E-state index in [4.69, 9.17) is 5.73 Å². The van der Waals surface area contributed by atoms with Crippen LogP contribution in [-0.2, 0) is 11.8 Å². The number of amides is 1. The van der Waals surface area contributed by atoms with Gasteiger partial charge in [-0.15, -0.1) is 0 Å². The highest BCUT2D eigenvalue weighted by Crippen LogP contribution is 2.55. The Hall–Kier alpha value is -1.57. The van der Waals surface area contributed by atoms with Crippen LogP contribution in [-0.4, -0.2) is 5.91 Å². The van der Waals surface area contributed by atoms with Gasteiger partial charge in [-0.25, -0.2) is 0 Å². The van der Waals surface area contributed by atoms with Gasteiger partial charge in [0.2, 0.25) is 5.91 Å². The maximum atomic E-state index is 11.6. The Balaban J connectivity index is 1.98. The Labute approximate surface area is 140 Å². The van der Waals surface area contributed by atoms with Gasteiger partial charge in [-0.05, 0) is 86.0 Å². The molecule has 1 amide bonds. The standard InChI is InChI=1S/C21H29NO/c1-13(2)5-6-15-9-10-21(4)14(3)18(15)11-16-7-8-17(20(22)23)12-19(16)21/h5,7-8,12,14-15,18H,6,9-11H2,1-4H3,(H2,22,23)/t14-,15?,18+,21+/m0/s1. The van der Waals surface area contributed by atoms with Gasteiger partial charge in [-0.1, -0.05) is 31.6 Å². The van der Waals surface area contributed by atoms with Gasteiger partial charge in [-0.3, -0.25) is 4.79 Å². The molecule has 124 valence electrons. The number of primary amides is 1. The van der Waals surface area contributed by atoms with Gasteiger partial charge in [0.1, 0.15) is 0 Å². The Morgan fingerprint density at radius 2 is 2.13 bits per heavy atom. The van der Waals surface area contributed by atoms with Gasteiger partial charge >= 0.3 is 0 Å². The number of allylic oxidation sites excluding steroid dienone is 2. The minimum Gasteiger partial charge on any atom is -0.366 e. The van der Waals surface area contributed by atoms with Gasteiger partial charge in [0, 0.05) is 5.56 Å². The molecule has 0 saturated heterocycles. The maximum absolute atomic E-state index is 11.6. The van der Waals surface area contributed by atoms with Crippen LogP contribution >= 0.6 is 0 Å². The number of rotatable bonds is 3. The summed E-state index contributed by atoms with van der Waals surface area (Å²) in [4.78, 5) is 11.6. The Morgan fingerprint density at radius 3 is 2.78 bits per heavy atom. The zero-order valence-corrected chi connectivity index (χ0v) is 14.9. The fraction of sp³-hybridized carbons (Fsp3) is 0.571. The van der Waals surface area contributed by atoms with E-state index in [9.17, 15) is 4.79 Å². The van der Waals surface area contributed by atoms with Crippen molar-refractivity contribution in [2.75, 3.05) is 0 Å². The van der Waals surface area contributed by atoms with Gasteiger partial charge in [0.25, 0.3) is 0 Å². The number of nitrogens with two attached hydrogens (primary N) is 1. The van der Waals surface area contributed by atoms with Crippen molar-refractivity contribution in [3.63, 3.8) is 0 Å². The average Bonchev–Trinajstić information content (AvgIpc) is 2.49. The third kappa shape index (κ3) is 2.73. The van der Waals surface area contributed by atoms with Crippen molar-refractivity contribution in [2.45, 2.75) is 58.8 Å². The molecule has 2 nitrogen and oxygen atoms in total. The molecule has 2 bridgehead atoms. The lowest BCUT2D eigenvalue weighted by molar-refractivity contribution is 0.0680. The molecular formula is C21H29NO. The summed E-state index contributed by atoms with van der Waals surface area (Å²) in [5, 5.41) is 0. The third-order valence-corrected chi connectivity index (χ3v) is 6.58. The Morgan fingerprint density at radius 1 is 1.39 bits per heavy atom. The molecule has 0 heterocycles.